The summed E-state index contributed by atoms with van der Waals surface area (Å²) in [6, 6.07) is 11.4. The van der Waals surface area contributed by atoms with Gasteiger partial charge in [-0.3, -0.25) is 25.0 Å². The second kappa shape index (κ2) is 11.4. The molecule has 3 aromatic rings. The first-order valence-electron chi connectivity index (χ1n) is 11.5. The number of methoxy groups -OCH3 is 1. The summed E-state index contributed by atoms with van der Waals surface area (Å²) in [6.45, 7) is 0. The second-order valence-corrected chi connectivity index (χ2v) is 9.43. The zero-order chi connectivity index (χ0) is 28.1. The molecule has 39 heavy (non-hydrogen) atoms. The summed E-state index contributed by atoms with van der Waals surface area (Å²) in [6.07, 6.45) is 4.96. The first-order valence-corrected chi connectivity index (χ1v) is 12.3. The number of nitrogens with one attached hydrogen (secondary N) is 1. The highest BCUT2D eigenvalue weighted by molar-refractivity contribution is 7.16. The summed E-state index contributed by atoms with van der Waals surface area (Å²) >= 11 is 1.35. The zero-order valence-corrected chi connectivity index (χ0v) is 21.2. The number of nitro groups is 2. The Morgan fingerprint density at radius 3 is 2.46 bits per heavy atom. The van der Waals surface area contributed by atoms with Gasteiger partial charge in [0.2, 0.25) is 5.75 Å². The Morgan fingerprint density at radius 1 is 1.05 bits per heavy atom. The molecule has 0 radical (unpaired) electrons. The van der Waals surface area contributed by atoms with E-state index < -0.39 is 27.1 Å². The number of hydrogen-bond acceptors (Lipinski definition) is 10. The molecule has 0 saturated carbocycles. The Bertz CT molecular complexity index is 1610. The summed E-state index contributed by atoms with van der Waals surface area (Å²) in [4.78, 5) is 34.8. The van der Waals surface area contributed by atoms with Crippen LogP contribution in [0.3, 0.4) is 0 Å². The van der Waals surface area contributed by atoms with Gasteiger partial charge < -0.3 is 14.8 Å². The highest BCUT2D eigenvalue weighted by Gasteiger charge is 2.24. The van der Waals surface area contributed by atoms with E-state index in [-0.39, 0.29) is 22.8 Å². The second-order valence-electron chi connectivity index (χ2n) is 8.33. The van der Waals surface area contributed by atoms with Crippen molar-refractivity contribution in [1.29, 1.82) is 10.5 Å². The molecule has 12 nitrogen and oxygen atoms in total. The first-order chi connectivity index (χ1) is 18.7. The van der Waals surface area contributed by atoms with E-state index in [1.54, 1.807) is 0 Å². The van der Waals surface area contributed by atoms with Crippen molar-refractivity contribution < 1.29 is 24.1 Å². The van der Waals surface area contributed by atoms with E-state index >= 15 is 0 Å². The van der Waals surface area contributed by atoms with Crippen molar-refractivity contribution in [2.24, 2.45) is 0 Å². The van der Waals surface area contributed by atoms with Crippen LogP contribution in [0.5, 0.6) is 17.2 Å². The molecule has 0 fully saturated rings. The topological polar surface area (TPSA) is 181 Å². The van der Waals surface area contributed by atoms with Gasteiger partial charge in [-0.25, -0.2) is 0 Å². The van der Waals surface area contributed by atoms with Gasteiger partial charge in [-0.15, -0.1) is 11.3 Å². The molecule has 13 heteroatoms. The van der Waals surface area contributed by atoms with Crippen LogP contribution in [0.1, 0.15) is 34.4 Å². The normalized spacial score (nSPS) is 12.4. The number of non-ortho nitro benzene ring substituents is 1. The van der Waals surface area contributed by atoms with Crippen molar-refractivity contribution in [2.45, 2.75) is 25.7 Å². The molecule has 0 atom stereocenters. The van der Waals surface area contributed by atoms with Crippen LogP contribution in [0, 0.1) is 42.9 Å². The summed E-state index contributed by atoms with van der Waals surface area (Å²) in [7, 11) is 1.33. The molecule has 1 aliphatic carbocycles. The van der Waals surface area contributed by atoms with Crippen molar-refractivity contribution in [1.82, 2.24) is 0 Å². The quantitative estimate of drug-likeness (QED) is 0.161. The van der Waals surface area contributed by atoms with Gasteiger partial charge in [-0.05, 0) is 61.1 Å². The van der Waals surface area contributed by atoms with Crippen molar-refractivity contribution in [3.63, 3.8) is 0 Å². The number of nitro benzene ring substituents is 2. The first kappa shape index (κ1) is 26.8. The summed E-state index contributed by atoms with van der Waals surface area (Å²) < 4.78 is 10.9. The molecule has 0 bridgehead atoms. The maximum atomic E-state index is 12.9. The molecule has 1 aliphatic rings. The summed E-state index contributed by atoms with van der Waals surface area (Å²) in [5, 5.41) is 44.8. The van der Waals surface area contributed by atoms with E-state index in [1.807, 2.05) is 6.07 Å². The van der Waals surface area contributed by atoms with Gasteiger partial charge in [0.1, 0.15) is 22.7 Å². The number of benzene rings is 2. The van der Waals surface area contributed by atoms with Gasteiger partial charge in [0.15, 0.2) is 11.5 Å². The number of carbonyl (C=O) groups excluding carboxylic acids is 1. The lowest BCUT2D eigenvalue weighted by Crippen LogP contribution is -2.13. The number of nitriles is 2. The fourth-order valence-electron chi connectivity index (χ4n) is 4.08. The van der Waals surface area contributed by atoms with Crippen LogP contribution in [-0.2, 0) is 17.6 Å². The van der Waals surface area contributed by atoms with E-state index in [1.165, 1.54) is 42.7 Å². The number of anilines is 1. The van der Waals surface area contributed by atoms with Crippen LogP contribution in [0.4, 0.5) is 16.4 Å². The monoisotopic (exact) mass is 545 g/mol. The largest absolute Gasteiger partial charge is 0.493 e. The van der Waals surface area contributed by atoms with E-state index in [9.17, 15) is 35.5 Å². The Morgan fingerprint density at radius 2 is 1.79 bits per heavy atom. The van der Waals surface area contributed by atoms with E-state index in [2.05, 4.69) is 11.4 Å². The molecular formula is C26H19N5O7S. The number of fused-ring (bicyclic) bond motifs is 1. The number of thiophene rings is 1. The lowest BCUT2D eigenvalue weighted by Gasteiger charge is -2.11. The molecule has 196 valence electrons. The molecule has 1 heterocycles. The van der Waals surface area contributed by atoms with Crippen LogP contribution in [0.15, 0.2) is 42.0 Å². The van der Waals surface area contributed by atoms with Crippen molar-refractivity contribution in [3.8, 4) is 29.4 Å². The Balaban J connectivity index is 1.59. The predicted octanol–water partition coefficient (Wildman–Crippen LogP) is 5.66. The van der Waals surface area contributed by atoms with E-state index in [0.29, 0.717) is 16.1 Å². The Hall–Kier alpha value is -5.27. The fraction of sp³-hybridized carbons (Fsp3) is 0.192. The van der Waals surface area contributed by atoms with E-state index in [0.717, 1.165) is 54.3 Å². The molecule has 0 unspecified atom stereocenters. The van der Waals surface area contributed by atoms with Gasteiger partial charge in [0.25, 0.3) is 11.6 Å². The number of amides is 1. The number of ether oxygens (including phenoxy) is 2. The van der Waals surface area contributed by atoms with Gasteiger partial charge in [-0.1, -0.05) is 6.07 Å². The Labute approximate surface area is 225 Å². The summed E-state index contributed by atoms with van der Waals surface area (Å²) in [5.74, 6) is -0.714. The van der Waals surface area contributed by atoms with Gasteiger partial charge >= 0.3 is 5.69 Å². The third kappa shape index (κ3) is 5.69. The third-order valence-corrected chi connectivity index (χ3v) is 7.15. The number of carbonyl (C=O) groups is 1. The molecule has 1 aromatic heterocycles. The van der Waals surface area contributed by atoms with E-state index in [4.69, 9.17) is 9.47 Å². The van der Waals surface area contributed by atoms with Crippen molar-refractivity contribution in [2.75, 3.05) is 12.4 Å². The van der Waals surface area contributed by atoms with Crippen LogP contribution >= 0.6 is 11.3 Å². The number of nitrogens with zero attached hydrogens (tertiary/aromatic N) is 4. The average molecular weight is 546 g/mol. The molecule has 0 aliphatic heterocycles. The molecule has 0 spiro atoms. The third-order valence-electron chi connectivity index (χ3n) is 5.94. The SMILES string of the molecule is COc1cc(/C=C(\C#N)C(=O)Nc2sc3c(c2C#N)CCCC3)ccc1Oc1ccc([N+](=O)[O-])cc1[N+](=O)[O-]. The van der Waals surface area contributed by atoms with Crippen LogP contribution in [0.25, 0.3) is 6.08 Å². The number of hydrogen-bond donors (Lipinski definition) is 1. The average Bonchev–Trinajstić information content (AvgIpc) is 3.28. The number of rotatable bonds is 8. The lowest BCUT2D eigenvalue weighted by molar-refractivity contribution is -0.394. The van der Waals surface area contributed by atoms with Gasteiger partial charge in [0.05, 0.1) is 28.6 Å². The summed E-state index contributed by atoms with van der Waals surface area (Å²) in [5.41, 5.74) is 0.505. The van der Waals surface area contributed by atoms with Gasteiger partial charge in [0, 0.05) is 10.9 Å². The van der Waals surface area contributed by atoms with Gasteiger partial charge in [-0.2, -0.15) is 10.5 Å². The minimum absolute atomic E-state index is 0.0670. The number of aryl methyl sites for hydroxylation is 1. The molecule has 1 N–H and O–H groups in total. The molecule has 2 aromatic carbocycles. The Kier molecular flexibility index (Phi) is 7.84. The highest BCUT2D eigenvalue weighted by Crippen LogP contribution is 2.39. The smallest absolute Gasteiger partial charge is 0.318 e. The fourth-order valence-corrected chi connectivity index (χ4v) is 5.32. The van der Waals surface area contributed by atoms with Crippen molar-refractivity contribution >= 4 is 39.7 Å². The maximum absolute atomic E-state index is 12.9. The van der Waals surface area contributed by atoms with Crippen LogP contribution in [0.2, 0.25) is 0 Å². The standard InChI is InChI=1S/C26H19N5O7S/c1-37-23-11-15(6-8-22(23)38-21-9-7-17(30(33)34)12-20(21)31(35)36)10-16(13-27)25(32)29-26-19(14-28)18-4-2-3-5-24(18)39-26/h6-12H,2-5H2,1H3,(H,29,32)/b16-10+. The van der Waals surface area contributed by atoms with Crippen molar-refractivity contribution in [3.05, 3.63) is 83.8 Å². The minimum Gasteiger partial charge on any atom is -0.493 e. The lowest BCUT2D eigenvalue weighted by atomic mass is 9.96. The maximum Gasteiger partial charge on any atom is 0.318 e. The zero-order valence-electron chi connectivity index (χ0n) is 20.4. The highest BCUT2D eigenvalue weighted by atomic mass is 32.1. The molecule has 0 saturated heterocycles. The molecule has 1 amide bonds. The molecule has 4 rings (SSSR count). The molecular weight excluding hydrogens is 526 g/mol. The minimum atomic E-state index is -0.800. The predicted molar refractivity (Wildman–Crippen MR) is 141 cm³/mol. The van der Waals surface area contributed by atoms with Crippen LogP contribution in [-0.4, -0.2) is 22.9 Å². The van der Waals surface area contributed by atoms with Crippen LogP contribution < -0.4 is 14.8 Å².